The zero-order valence-electron chi connectivity index (χ0n) is 22.5. The fourth-order valence-electron chi connectivity index (χ4n) is 4.57. The van der Waals surface area contributed by atoms with Gasteiger partial charge in [0, 0.05) is 23.1 Å². The molecule has 2 aromatic carbocycles. The van der Waals surface area contributed by atoms with E-state index in [1.165, 1.54) is 28.4 Å². The summed E-state index contributed by atoms with van der Waals surface area (Å²) in [7, 11) is 7.63. The van der Waals surface area contributed by atoms with E-state index in [4.69, 9.17) is 28.4 Å². The van der Waals surface area contributed by atoms with Gasteiger partial charge in [-0.15, -0.1) is 0 Å². The van der Waals surface area contributed by atoms with Crippen molar-refractivity contribution >= 4 is 5.97 Å². The Morgan fingerprint density at radius 3 is 1.89 bits per heavy atom. The van der Waals surface area contributed by atoms with E-state index in [0.717, 1.165) is 11.1 Å². The van der Waals surface area contributed by atoms with Crippen LogP contribution in [0.15, 0.2) is 23.8 Å². The van der Waals surface area contributed by atoms with Crippen LogP contribution in [0.25, 0.3) is 11.1 Å². The number of fused-ring (bicyclic) bond motifs is 3. The number of hydrogen-bond acceptors (Lipinski definition) is 8. The molecular formula is C28H36O8. The molecule has 36 heavy (non-hydrogen) atoms. The molecule has 0 saturated carbocycles. The van der Waals surface area contributed by atoms with E-state index < -0.39 is 11.6 Å². The third-order valence-corrected chi connectivity index (χ3v) is 6.96. The molecule has 0 spiro atoms. The van der Waals surface area contributed by atoms with Crippen molar-refractivity contribution in [3.63, 3.8) is 0 Å². The molecule has 0 heterocycles. The minimum Gasteiger partial charge on any atom is -0.493 e. The van der Waals surface area contributed by atoms with Crippen molar-refractivity contribution in [3.8, 4) is 45.6 Å². The van der Waals surface area contributed by atoms with Gasteiger partial charge in [-0.25, -0.2) is 4.79 Å². The molecule has 0 radical (unpaired) electrons. The normalized spacial score (nSPS) is 19.3. The molecule has 0 aromatic heterocycles. The molecule has 8 heteroatoms. The highest BCUT2D eigenvalue weighted by Crippen LogP contribution is 2.56. The topological polar surface area (TPSA) is 92.7 Å². The number of aliphatic hydroxyl groups is 1. The maximum absolute atomic E-state index is 13.0. The number of carbonyl (C=O) groups is 1. The Balaban J connectivity index is 2.56. The van der Waals surface area contributed by atoms with Gasteiger partial charge in [-0.3, -0.25) is 0 Å². The van der Waals surface area contributed by atoms with Gasteiger partial charge in [0.1, 0.15) is 0 Å². The van der Waals surface area contributed by atoms with Crippen molar-refractivity contribution in [2.75, 3.05) is 35.5 Å². The number of ether oxygens (including phenoxy) is 6. The Morgan fingerprint density at radius 1 is 0.889 bits per heavy atom. The van der Waals surface area contributed by atoms with Gasteiger partial charge < -0.3 is 33.5 Å². The molecule has 0 bridgehead atoms. The number of benzene rings is 2. The number of hydrogen-bond donors (Lipinski definition) is 1. The second-order valence-electron chi connectivity index (χ2n) is 9.16. The SMILES string of the molecule is C/C=C(\C)C(=O)Oc1c(OC)c(OC)cc2c1-c1c(cc(OC)c(OC)c1OC)C[C@@](C)(O)[C@H](C)C2. The van der Waals surface area contributed by atoms with Crippen LogP contribution in [0.5, 0.6) is 34.5 Å². The van der Waals surface area contributed by atoms with Crippen LogP contribution in [-0.4, -0.2) is 52.2 Å². The Labute approximate surface area is 212 Å². The first-order valence-electron chi connectivity index (χ1n) is 11.8. The van der Waals surface area contributed by atoms with Crippen LogP contribution in [0.4, 0.5) is 0 Å². The predicted molar refractivity (Wildman–Crippen MR) is 137 cm³/mol. The Kier molecular flexibility index (Phi) is 8.09. The molecule has 3 rings (SSSR count). The lowest BCUT2D eigenvalue weighted by molar-refractivity contribution is -0.130. The maximum atomic E-state index is 13.0. The van der Waals surface area contributed by atoms with Crippen molar-refractivity contribution < 1.29 is 38.3 Å². The van der Waals surface area contributed by atoms with Crippen molar-refractivity contribution in [1.82, 2.24) is 0 Å². The molecule has 196 valence electrons. The van der Waals surface area contributed by atoms with E-state index in [9.17, 15) is 9.90 Å². The molecule has 0 saturated heterocycles. The zero-order chi connectivity index (χ0) is 26.8. The van der Waals surface area contributed by atoms with Crippen LogP contribution < -0.4 is 28.4 Å². The van der Waals surface area contributed by atoms with E-state index in [2.05, 4.69) is 0 Å². The second kappa shape index (κ2) is 10.7. The van der Waals surface area contributed by atoms with Crippen molar-refractivity contribution in [1.29, 1.82) is 0 Å². The van der Waals surface area contributed by atoms with Crippen LogP contribution in [0.3, 0.4) is 0 Å². The smallest absolute Gasteiger partial charge is 0.338 e. The predicted octanol–water partition coefficient (Wildman–Crippen LogP) is 4.75. The van der Waals surface area contributed by atoms with Crippen molar-refractivity contribution in [2.24, 2.45) is 5.92 Å². The summed E-state index contributed by atoms with van der Waals surface area (Å²) < 4.78 is 34.5. The van der Waals surface area contributed by atoms with Gasteiger partial charge in [-0.2, -0.15) is 0 Å². The fraction of sp³-hybridized carbons (Fsp3) is 0.464. The summed E-state index contributed by atoms with van der Waals surface area (Å²) in [5, 5.41) is 11.5. The van der Waals surface area contributed by atoms with Gasteiger partial charge >= 0.3 is 5.97 Å². The first-order valence-corrected chi connectivity index (χ1v) is 11.8. The molecule has 0 aliphatic heterocycles. The van der Waals surface area contributed by atoms with E-state index in [1.807, 2.05) is 26.0 Å². The second-order valence-corrected chi connectivity index (χ2v) is 9.16. The third kappa shape index (κ3) is 4.69. The van der Waals surface area contributed by atoms with Crippen molar-refractivity contribution in [2.45, 2.75) is 46.1 Å². The first kappa shape index (κ1) is 27.2. The monoisotopic (exact) mass is 500 g/mol. The standard InChI is InChI=1S/C28H36O8/c1-10-15(2)27(29)36-26-21-17(12-19(31-5)24(26)34-8)11-16(3)28(4,30)14-18-13-20(32-6)23(33-7)25(35-9)22(18)21/h10,12-13,16,30H,11,14H2,1-9H3/b15-10+/t16-,28-/m1/s1. The summed E-state index contributed by atoms with van der Waals surface area (Å²) in [6.07, 6.45) is 2.46. The molecule has 2 aromatic rings. The minimum atomic E-state index is -1.05. The Bertz CT molecular complexity index is 1180. The summed E-state index contributed by atoms with van der Waals surface area (Å²) in [5.74, 6) is 1.46. The van der Waals surface area contributed by atoms with E-state index in [1.54, 1.807) is 27.0 Å². The molecule has 0 unspecified atom stereocenters. The average molecular weight is 501 g/mol. The lowest BCUT2D eigenvalue weighted by atomic mass is 9.75. The number of methoxy groups -OCH3 is 5. The molecule has 1 aliphatic carbocycles. The number of allylic oxidation sites excluding steroid dienone is 1. The molecule has 2 atom stereocenters. The summed E-state index contributed by atoms with van der Waals surface area (Å²) >= 11 is 0. The molecule has 0 fully saturated rings. The van der Waals surface area contributed by atoms with Crippen LogP contribution >= 0.6 is 0 Å². The Morgan fingerprint density at radius 2 is 1.39 bits per heavy atom. The summed E-state index contributed by atoms with van der Waals surface area (Å²) in [6, 6.07) is 3.68. The van der Waals surface area contributed by atoms with Crippen molar-refractivity contribution in [3.05, 3.63) is 34.9 Å². The number of rotatable bonds is 7. The van der Waals surface area contributed by atoms with Crippen LogP contribution in [0.1, 0.15) is 38.8 Å². The van der Waals surface area contributed by atoms with E-state index in [0.29, 0.717) is 52.5 Å². The number of carbonyl (C=O) groups excluding carboxylic acids is 1. The Hall–Kier alpha value is -3.39. The maximum Gasteiger partial charge on any atom is 0.338 e. The minimum absolute atomic E-state index is 0.151. The van der Waals surface area contributed by atoms with E-state index >= 15 is 0 Å². The van der Waals surface area contributed by atoms with Gasteiger partial charge in [0.25, 0.3) is 0 Å². The number of esters is 1. The highest BCUT2D eigenvalue weighted by Gasteiger charge is 2.38. The van der Waals surface area contributed by atoms with E-state index in [-0.39, 0.29) is 17.4 Å². The van der Waals surface area contributed by atoms with Gasteiger partial charge in [0.15, 0.2) is 23.0 Å². The highest BCUT2D eigenvalue weighted by atomic mass is 16.6. The molecule has 0 amide bonds. The van der Waals surface area contributed by atoms with Gasteiger partial charge in [-0.1, -0.05) is 13.0 Å². The fourth-order valence-corrected chi connectivity index (χ4v) is 4.57. The quantitative estimate of drug-likeness (QED) is 0.331. The lowest BCUT2D eigenvalue weighted by Gasteiger charge is -2.36. The molecular weight excluding hydrogens is 464 g/mol. The molecule has 1 N–H and O–H groups in total. The van der Waals surface area contributed by atoms with Crippen LogP contribution in [0.2, 0.25) is 0 Å². The molecule has 8 nitrogen and oxygen atoms in total. The largest absolute Gasteiger partial charge is 0.493 e. The van der Waals surface area contributed by atoms with Gasteiger partial charge in [0.2, 0.25) is 11.5 Å². The summed E-state index contributed by atoms with van der Waals surface area (Å²) in [6.45, 7) is 7.25. The lowest BCUT2D eigenvalue weighted by Crippen LogP contribution is -2.37. The zero-order valence-corrected chi connectivity index (χ0v) is 22.5. The van der Waals surface area contributed by atoms with Gasteiger partial charge in [-0.05, 0) is 56.4 Å². The summed E-state index contributed by atoms with van der Waals surface area (Å²) in [4.78, 5) is 13.0. The first-order chi connectivity index (χ1) is 17.1. The van der Waals surface area contributed by atoms with Crippen LogP contribution in [-0.2, 0) is 17.6 Å². The third-order valence-electron chi connectivity index (χ3n) is 6.96. The van der Waals surface area contributed by atoms with Crippen LogP contribution in [0, 0.1) is 5.92 Å². The molecule has 1 aliphatic rings. The summed E-state index contributed by atoms with van der Waals surface area (Å²) in [5.41, 5.74) is 2.17. The van der Waals surface area contributed by atoms with Gasteiger partial charge in [0.05, 0.1) is 41.2 Å². The average Bonchev–Trinajstić information content (AvgIpc) is 2.86. The highest BCUT2D eigenvalue weighted by molar-refractivity contribution is 5.94.